The van der Waals surface area contributed by atoms with Gasteiger partial charge < -0.3 is 128 Å². The summed E-state index contributed by atoms with van der Waals surface area (Å²) in [7, 11) is -12.2. The largest absolute Gasteiger partial charge is 0.472 e. The zero-order chi connectivity index (χ0) is 83.3. The van der Waals surface area contributed by atoms with E-state index in [0.29, 0.717) is 90.4 Å². The molecule has 0 aliphatic carbocycles. The predicted molar refractivity (Wildman–Crippen MR) is 406 cm³/mol. The normalized spacial score (nSPS) is 29.0. The minimum absolute atomic E-state index is 0. The van der Waals surface area contributed by atoms with E-state index in [2.05, 4.69) is 26.1 Å². The molecule has 6 fully saturated rings. The molecule has 6 aliphatic rings. The van der Waals surface area contributed by atoms with Gasteiger partial charge in [0.2, 0.25) is 23.6 Å². The molecule has 0 radical (unpaired) electrons. The Bertz CT molecular complexity index is 2710. The van der Waals surface area contributed by atoms with E-state index in [9.17, 15) is 93.5 Å². The lowest BCUT2D eigenvalue weighted by atomic mass is 9.92. The molecule has 6 rings (SSSR count). The number of carbonyl (C=O) groups is 4. The number of likely N-dealkylation sites (tertiary alicyclic amines) is 3. The fourth-order valence-corrected chi connectivity index (χ4v) is 16.4. The summed E-state index contributed by atoms with van der Waals surface area (Å²) in [6.07, 6.45) is -9.99. The lowest BCUT2D eigenvalue weighted by Gasteiger charge is -2.42. The van der Waals surface area contributed by atoms with E-state index in [1.165, 1.54) is 14.0 Å². The monoisotopic (exact) mass is 1710 g/mol. The first-order valence-electron chi connectivity index (χ1n) is 39.7. The van der Waals surface area contributed by atoms with Crippen molar-refractivity contribution in [2.45, 2.75) is 263 Å². The second-order valence-corrected chi connectivity index (χ2v) is 34.6. The highest BCUT2D eigenvalue weighted by Gasteiger charge is 2.47. The summed E-state index contributed by atoms with van der Waals surface area (Å²) in [6.45, 7) is 11.0. The second-order valence-electron chi connectivity index (χ2n) is 30.4. The number of phosphoric acid groups is 3. The van der Waals surface area contributed by atoms with Crippen LogP contribution in [-0.4, -0.2) is 349 Å². The third kappa shape index (κ3) is 37.4. The van der Waals surface area contributed by atoms with Crippen LogP contribution in [0.3, 0.4) is 0 Å². The SMILES string of the molecule is C.CC(C)C.COCC(COCCCOP(=O)(O)OC1CCN(C(=O)CCCCO[C@@H]2OC(CO)[C@H](O)[C@H](O)C2C)CC1)(COCCCOP(=O)(O)OC1CCN(C(=O)CCCCO[C@@H]2OC(CO)[C@H](O)[C@H](O)C2C)CC1)COCCCOP(=O)(O)OC1CCN(C(=O)CCCCO[C@@H]2OC(CO)[C@H](O)[C@H](O)C2NC(C)=O)CC1. The molecule has 0 saturated carbocycles. The molecule has 4 amide bonds. The molecule has 39 nitrogen and oxygen atoms in total. The number of hydrogen-bond acceptors (Lipinski definition) is 32. The molecule has 670 valence electrons. The number of unbranched alkanes of at least 4 members (excludes halogenated alkanes) is 3. The van der Waals surface area contributed by atoms with Gasteiger partial charge in [0.15, 0.2) is 18.9 Å². The van der Waals surface area contributed by atoms with Crippen molar-refractivity contribution >= 4 is 47.1 Å². The molecular weight excluding hydrogens is 1570 g/mol. The van der Waals surface area contributed by atoms with Crippen molar-refractivity contribution in [2.75, 3.05) is 152 Å². The molecule has 114 heavy (non-hydrogen) atoms. The summed E-state index contributed by atoms with van der Waals surface area (Å²) >= 11 is 0. The number of hydrogen-bond donors (Lipinski definition) is 13. The Morgan fingerprint density at radius 2 is 0.728 bits per heavy atom. The zero-order valence-corrected chi connectivity index (χ0v) is 69.4. The fourth-order valence-electron chi connectivity index (χ4n) is 13.4. The molecule has 0 spiro atoms. The standard InChI is InChI=1S/C67H123N4O35P3.C4H10.CH4/c1-45-58(79)60(81)51(38-72)101-64(45)95-32-8-5-14-54(76)69-23-17-48(18-24-69)104-107(85,86)98-35-11-29-92-42-67(41-91-4,43-93-30-12-36-99-108(87,88)105-49-19-25-70(26-20-49)55(77)15-6-9-33-96-65-46(2)59(80)61(82)52(39-73)102-65)44-94-31-13-37-100-109(89,90)106-50-21-27-71(28-22-50)56(78)16-7-10-34-97-66-57(68-47(3)75)63(84)62(83)53(40-74)103-66;1-4(2)3;/h45-46,48-53,57-66,72-74,79-84H,5-44H2,1-4H3,(H,68,75)(H,85,86)(H,87,88)(H,89,90);4H,1-3H3;1H4/t45?,46?,51?,52?,53?,57?,58-,59-,60+,61+,62+,63-,64-,65-,66-,67?;;/m1../s1. The van der Waals surface area contributed by atoms with E-state index in [-0.39, 0.29) is 175 Å². The molecule has 9 unspecified atom stereocenters. The number of rotatable bonds is 51. The lowest BCUT2D eigenvalue weighted by molar-refractivity contribution is -0.282. The average molecular weight is 1710 g/mol. The number of carbonyl (C=O) groups excluding carboxylic acids is 4. The van der Waals surface area contributed by atoms with E-state index in [0.717, 1.165) is 5.92 Å². The molecule has 0 aromatic carbocycles. The van der Waals surface area contributed by atoms with Gasteiger partial charge in [-0.05, 0) is 102 Å². The van der Waals surface area contributed by atoms with Crippen molar-refractivity contribution in [3.63, 3.8) is 0 Å². The molecule has 6 saturated heterocycles. The molecule has 0 aromatic rings. The Kier molecular flexibility index (Phi) is 49.2. The molecule has 13 N–H and O–H groups in total. The maximum Gasteiger partial charge on any atom is 0.472 e. The highest BCUT2D eigenvalue weighted by molar-refractivity contribution is 7.48. The number of piperidine rings is 3. The number of ether oxygens (including phenoxy) is 10. The van der Waals surface area contributed by atoms with Gasteiger partial charge in [-0.2, -0.15) is 0 Å². The molecule has 0 aromatic heterocycles. The Morgan fingerprint density at radius 3 is 1.02 bits per heavy atom. The van der Waals surface area contributed by atoms with Gasteiger partial charge in [-0.15, -0.1) is 0 Å². The minimum Gasteiger partial charge on any atom is -0.394 e. The molecule has 6 aliphatic heterocycles. The van der Waals surface area contributed by atoms with Crippen molar-refractivity contribution in [3.05, 3.63) is 0 Å². The topological polar surface area (TPSA) is 532 Å². The highest BCUT2D eigenvalue weighted by Crippen LogP contribution is 2.48. The van der Waals surface area contributed by atoms with Crippen LogP contribution in [0.5, 0.6) is 0 Å². The Labute approximate surface area is 670 Å². The Morgan fingerprint density at radius 1 is 0.439 bits per heavy atom. The summed E-state index contributed by atoms with van der Waals surface area (Å²) in [6, 6.07) is -1.09. The van der Waals surface area contributed by atoms with Crippen molar-refractivity contribution in [1.82, 2.24) is 20.0 Å². The van der Waals surface area contributed by atoms with Crippen molar-refractivity contribution < 1.29 is 168 Å². The smallest absolute Gasteiger partial charge is 0.394 e. The second kappa shape index (κ2) is 54.1. The van der Waals surface area contributed by atoms with Gasteiger partial charge in [-0.1, -0.05) is 42.0 Å². The first-order chi connectivity index (χ1) is 53.7. The van der Waals surface area contributed by atoms with Crippen molar-refractivity contribution in [1.29, 1.82) is 0 Å². The van der Waals surface area contributed by atoms with Gasteiger partial charge in [0.25, 0.3) is 0 Å². The molecular formula is C72H137N4O35P3. The van der Waals surface area contributed by atoms with Crippen LogP contribution in [0.15, 0.2) is 0 Å². The van der Waals surface area contributed by atoms with E-state index in [4.69, 9.17) is 74.5 Å². The molecule has 0 bridgehead atoms. The first kappa shape index (κ1) is 104. The Balaban J connectivity index is 0.00000534. The van der Waals surface area contributed by atoms with Crippen LogP contribution in [-0.2, 0) is 107 Å². The van der Waals surface area contributed by atoms with E-state index in [1.54, 1.807) is 28.5 Å². The van der Waals surface area contributed by atoms with Gasteiger partial charge in [0, 0.05) is 124 Å². The maximum atomic E-state index is 13.1. The number of methoxy groups -OCH3 is 1. The van der Waals surface area contributed by atoms with Gasteiger partial charge in [-0.3, -0.25) is 46.3 Å². The summed E-state index contributed by atoms with van der Waals surface area (Å²) in [4.78, 5) is 87.7. The number of nitrogens with one attached hydrogen (secondary N) is 1. The van der Waals surface area contributed by atoms with E-state index >= 15 is 0 Å². The van der Waals surface area contributed by atoms with Crippen LogP contribution in [0, 0.1) is 23.2 Å². The maximum absolute atomic E-state index is 13.1. The van der Waals surface area contributed by atoms with Gasteiger partial charge in [-0.25, -0.2) is 13.7 Å². The predicted octanol–water partition coefficient (Wildman–Crippen LogP) is 2.17. The molecule has 42 heteroatoms. The number of aliphatic hydroxyl groups excluding tert-OH is 9. The highest BCUT2D eigenvalue weighted by atomic mass is 31.2. The number of nitrogens with zero attached hydrogens (tertiary/aromatic N) is 3. The third-order valence-corrected chi connectivity index (χ3v) is 23.0. The molecule has 18 atom stereocenters. The van der Waals surface area contributed by atoms with Gasteiger partial charge >= 0.3 is 23.5 Å². The summed E-state index contributed by atoms with van der Waals surface area (Å²) in [5, 5.41) is 92.5. The summed E-state index contributed by atoms with van der Waals surface area (Å²) < 4.78 is 129. The quantitative estimate of drug-likeness (QED) is 0.0306. The summed E-state index contributed by atoms with van der Waals surface area (Å²) in [5.74, 6) is -1.08. The van der Waals surface area contributed by atoms with E-state index < -0.39 is 165 Å². The van der Waals surface area contributed by atoms with Crippen molar-refractivity contribution in [3.8, 4) is 0 Å². The summed E-state index contributed by atoms with van der Waals surface area (Å²) in [5.41, 5.74) is -0.999. The van der Waals surface area contributed by atoms with Crippen LogP contribution in [0.25, 0.3) is 0 Å². The van der Waals surface area contributed by atoms with Gasteiger partial charge in [0.05, 0.1) is 102 Å². The lowest BCUT2D eigenvalue weighted by Crippen LogP contribution is -2.64. The van der Waals surface area contributed by atoms with Crippen LogP contribution in [0.2, 0.25) is 0 Å². The van der Waals surface area contributed by atoms with Crippen LogP contribution >= 0.6 is 23.5 Å². The fraction of sp³-hybridized carbons (Fsp3) is 0.944. The third-order valence-electron chi connectivity index (χ3n) is 19.8. The van der Waals surface area contributed by atoms with Crippen LogP contribution in [0.4, 0.5) is 0 Å². The van der Waals surface area contributed by atoms with Crippen molar-refractivity contribution in [2.24, 2.45) is 23.2 Å². The minimum atomic E-state index is -4.56. The van der Waals surface area contributed by atoms with E-state index in [1.807, 2.05) is 0 Å². The Hall–Kier alpha value is -2.55. The number of phosphoric ester groups is 3. The first-order valence-corrected chi connectivity index (χ1v) is 44.2. The zero-order valence-electron chi connectivity index (χ0n) is 66.7. The van der Waals surface area contributed by atoms with Gasteiger partial charge in [0.1, 0.15) is 48.8 Å². The van der Waals surface area contributed by atoms with Crippen LogP contribution < -0.4 is 5.32 Å². The molecule has 6 heterocycles. The number of amides is 4. The average Bonchev–Trinajstić information content (AvgIpc) is 0.816. The van der Waals surface area contributed by atoms with Crippen LogP contribution in [0.1, 0.15) is 165 Å². The number of aliphatic hydroxyl groups is 9.